The maximum atomic E-state index is 13.5. The minimum absolute atomic E-state index is 0.106. The van der Waals surface area contributed by atoms with Crippen molar-refractivity contribution in [2.75, 3.05) is 13.6 Å². The van der Waals surface area contributed by atoms with E-state index in [0.29, 0.717) is 37.5 Å². The van der Waals surface area contributed by atoms with Crippen LogP contribution in [0.25, 0.3) is 0 Å². The van der Waals surface area contributed by atoms with Crippen molar-refractivity contribution in [3.05, 3.63) is 107 Å². The highest BCUT2D eigenvalue weighted by Crippen LogP contribution is 2.17. The van der Waals surface area contributed by atoms with Crippen molar-refractivity contribution < 1.29 is 33.2 Å². The summed E-state index contributed by atoms with van der Waals surface area (Å²) in [5, 5.41) is 24.2. The second-order valence-electron chi connectivity index (χ2n) is 13.8. The summed E-state index contributed by atoms with van der Waals surface area (Å²) in [5.74, 6) is 0.973. The Hall–Kier alpha value is -5.17. The van der Waals surface area contributed by atoms with Crippen molar-refractivity contribution in [3.8, 4) is 0 Å². The van der Waals surface area contributed by atoms with Crippen LogP contribution in [0.2, 0.25) is 0 Å². The first-order valence-corrected chi connectivity index (χ1v) is 17.8. The van der Waals surface area contributed by atoms with Crippen LogP contribution in [0, 0.1) is 0 Å². The van der Waals surface area contributed by atoms with Crippen molar-refractivity contribution >= 4 is 18.0 Å². The van der Waals surface area contributed by atoms with E-state index >= 15 is 0 Å². The molecule has 2 aromatic carbocycles. The Morgan fingerprint density at radius 2 is 1.54 bits per heavy atom. The lowest BCUT2D eigenvalue weighted by molar-refractivity contribution is -0.123. The zero-order valence-corrected chi connectivity index (χ0v) is 30.9. The van der Waals surface area contributed by atoms with Gasteiger partial charge in [-0.05, 0) is 43.2 Å². The van der Waals surface area contributed by atoms with Crippen molar-refractivity contribution in [2.45, 2.75) is 103 Å². The second-order valence-corrected chi connectivity index (χ2v) is 13.8. The summed E-state index contributed by atoms with van der Waals surface area (Å²) < 4.78 is 16.2. The first kappa shape index (κ1) is 39.6. The Labute approximate surface area is 305 Å². The number of carbonyl (C=O) groups excluding carboxylic acids is 3. The number of ether oxygens (including phenoxy) is 1. The van der Waals surface area contributed by atoms with Crippen molar-refractivity contribution in [1.82, 2.24) is 31.0 Å². The van der Waals surface area contributed by atoms with Crippen LogP contribution in [-0.2, 0) is 35.4 Å². The first-order chi connectivity index (χ1) is 24.9. The Kier molecular flexibility index (Phi) is 14.8. The normalized spacial score (nSPS) is 13.6. The molecule has 0 aliphatic carbocycles. The second kappa shape index (κ2) is 19.4. The first-order valence-electron chi connectivity index (χ1n) is 17.8. The monoisotopic (exact) mass is 716 g/mol. The third-order valence-corrected chi connectivity index (χ3v) is 8.62. The number of nitrogens with zero attached hydrogens (tertiary/aromatic N) is 3. The van der Waals surface area contributed by atoms with Gasteiger partial charge in [0.2, 0.25) is 5.91 Å². The molecule has 13 nitrogen and oxygen atoms in total. The molecule has 4 aromatic rings. The molecule has 0 saturated heterocycles. The number of oxazole rings is 1. The number of urea groups is 1. The number of amides is 4. The Morgan fingerprint density at radius 3 is 2.13 bits per heavy atom. The number of aliphatic hydroxyl groups is 1. The third-order valence-electron chi connectivity index (χ3n) is 8.62. The Morgan fingerprint density at radius 1 is 0.885 bits per heavy atom. The highest BCUT2D eigenvalue weighted by molar-refractivity contribution is 5.86. The van der Waals surface area contributed by atoms with Gasteiger partial charge in [0.05, 0.1) is 23.5 Å². The zero-order valence-electron chi connectivity index (χ0n) is 30.9. The summed E-state index contributed by atoms with van der Waals surface area (Å²) in [6.45, 7) is 9.82. The van der Waals surface area contributed by atoms with E-state index in [9.17, 15) is 19.5 Å². The standard InChI is InChI=1S/C39H52N6O7/c1-25(2)33-22-32(52-44-33)24-51-39(49)43-34(20-29-15-11-8-12-16-29)35(46)21-31(19-28-13-9-7-10-14-28)41-36(47)27(5)40-38(48)45(6)18-17-30-23-50-37(42-30)26(3)4/h7-16,22-23,25-27,31,34-35,46H,17-21,24H2,1-6H3,(H,40,48)(H,41,47)(H,43,49)/t27-,31-,34-,35-/m0/s1. The molecule has 4 N–H and O–H groups in total. The van der Waals surface area contributed by atoms with Gasteiger partial charge < -0.3 is 39.6 Å². The summed E-state index contributed by atoms with van der Waals surface area (Å²) in [6, 6.07) is 18.2. The fourth-order valence-corrected chi connectivity index (χ4v) is 5.47. The number of hydrogen-bond donors (Lipinski definition) is 4. The van der Waals surface area contributed by atoms with Gasteiger partial charge in [0, 0.05) is 38.0 Å². The van der Waals surface area contributed by atoms with E-state index in [1.165, 1.54) is 4.90 Å². The number of likely N-dealkylation sites (N-methyl/N-ethyl adjacent to an activating group) is 1. The van der Waals surface area contributed by atoms with Gasteiger partial charge in [-0.15, -0.1) is 0 Å². The van der Waals surface area contributed by atoms with E-state index in [1.807, 2.05) is 88.4 Å². The number of carbonyl (C=O) groups is 3. The maximum absolute atomic E-state index is 13.5. The highest BCUT2D eigenvalue weighted by atomic mass is 16.6. The van der Waals surface area contributed by atoms with Gasteiger partial charge in [-0.2, -0.15) is 0 Å². The smallest absolute Gasteiger partial charge is 0.407 e. The largest absolute Gasteiger partial charge is 0.448 e. The van der Waals surface area contributed by atoms with Gasteiger partial charge in [-0.25, -0.2) is 14.6 Å². The number of benzene rings is 2. The lowest BCUT2D eigenvalue weighted by Gasteiger charge is -2.29. The number of aromatic nitrogens is 2. The molecule has 4 amide bonds. The molecule has 0 spiro atoms. The quantitative estimate of drug-likeness (QED) is 0.104. The van der Waals surface area contributed by atoms with E-state index in [4.69, 9.17) is 13.7 Å². The third kappa shape index (κ3) is 12.6. The van der Waals surface area contributed by atoms with E-state index in [2.05, 4.69) is 26.1 Å². The summed E-state index contributed by atoms with van der Waals surface area (Å²) in [4.78, 5) is 45.4. The number of rotatable bonds is 18. The van der Waals surface area contributed by atoms with Crippen LogP contribution in [0.15, 0.2) is 81.9 Å². The molecule has 2 heterocycles. The lowest BCUT2D eigenvalue weighted by Crippen LogP contribution is -2.53. The molecule has 0 aliphatic rings. The van der Waals surface area contributed by atoms with Gasteiger partial charge in [-0.1, -0.05) is 93.5 Å². The molecular formula is C39H52N6O7. The number of hydrogen-bond acceptors (Lipinski definition) is 9. The molecule has 4 atom stereocenters. The van der Waals surface area contributed by atoms with E-state index < -0.39 is 42.3 Å². The molecule has 0 aliphatic heterocycles. The predicted molar refractivity (Wildman–Crippen MR) is 195 cm³/mol. The number of alkyl carbamates (subject to hydrolysis) is 1. The van der Waals surface area contributed by atoms with Crippen LogP contribution in [0.5, 0.6) is 0 Å². The molecule has 0 radical (unpaired) electrons. The molecule has 0 unspecified atom stereocenters. The molecular weight excluding hydrogens is 664 g/mol. The van der Waals surface area contributed by atoms with Crippen LogP contribution < -0.4 is 16.0 Å². The van der Waals surface area contributed by atoms with Gasteiger partial charge in [0.15, 0.2) is 18.3 Å². The zero-order chi connectivity index (χ0) is 37.6. The van der Waals surface area contributed by atoms with Crippen molar-refractivity contribution in [3.63, 3.8) is 0 Å². The lowest BCUT2D eigenvalue weighted by atomic mass is 9.93. The summed E-state index contributed by atoms with van der Waals surface area (Å²) in [7, 11) is 1.65. The maximum Gasteiger partial charge on any atom is 0.407 e. The summed E-state index contributed by atoms with van der Waals surface area (Å²) in [6.07, 6.45) is 1.12. The Bertz CT molecular complexity index is 1690. The van der Waals surface area contributed by atoms with E-state index in [1.54, 1.807) is 26.3 Å². The van der Waals surface area contributed by atoms with Crippen LogP contribution >= 0.6 is 0 Å². The SMILES string of the molecule is CC(C)c1cc(COC(=O)N[C@@H](Cc2ccccc2)[C@@H](O)C[C@H](Cc2ccccc2)NC(=O)[C@H](C)NC(=O)N(C)CCc2coc(C(C)C)n2)on1. The molecule has 52 heavy (non-hydrogen) atoms. The average molecular weight is 717 g/mol. The summed E-state index contributed by atoms with van der Waals surface area (Å²) in [5.41, 5.74) is 3.35. The molecule has 0 bridgehead atoms. The molecule has 2 aromatic heterocycles. The van der Waals surface area contributed by atoms with E-state index in [0.717, 1.165) is 22.5 Å². The predicted octanol–water partition coefficient (Wildman–Crippen LogP) is 5.50. The van der Waals surface area contributed by atoms with Gasteiger partial charge >= 0.3 is 12.1 Å². The Balaban J connectivity index is 1.39. The van der Waals surface area contributed by atoms with Crippen molar-refractivity contribution in [2.24, 2.45) is 0 Å². The highest BCUT2D eigenvalue weighted by Gasteiger charge is 2.28. The number of nitrogens with one attached hydrogen (secondary N) is 3. The topological polar surface area (TPSA) is 172 Å². The number of aliphatic hydroxyl groups excluding tert-OH is 1. The van der Waals surface area contributed by atoms with Gasteiger partial charge in [-0.3, -0.25) is 4.79 Å². The molecule has 4 rings (SSSR count). The fourth-order valence-electron chi connectivity index (χ4n) is 5.47. The fraction of sp³-hybridized carbons (Fsp3) is 0.462. The van der Waals surface area contributed by atoms with Crippen LogP contribution in [0.3, 0.4) is 0 Å². The average Bonchev–Trinajstić information content (AvgIpc) is 3.81. The molecule has 280 valence electrons. The minimum Gasteiger partial charge on any atom is -0.448 e. The molecule has 13 heteroatoms. The van der Waals surface area contributed by atoms with Gasteiger partial charge in [0.25, 0.3) is 0 Å². The van der Waals surface area contributed by atoms with Crippen molar-refractivity contribution in [1.29, 1.82) is 0 Å². The van der Waals surface area contributed by atoms with E-state index in [-0.39, 0.29) is 24.9 Å². The van der Waals surface area contributed by atoms with Crippen LogP contribution in [0.1, 0.15) is 87.0 Å². The molecule has 0 fully saturated rings. The molecule has 0 saturated carbocycles. The minimum atomic E-state index is -1.08. The van der Waals surface area contributed by atoms with Crippen LogP contribution in [0.4, 0.5) is 9.59 Å². The summed E-state index contributed by atoms with van der Waals surface area (Å²) >= 11 is 0. The van der Waals surface area contributed by atoms with Gasteiger partial charge in [0.1, 0.15) is 12.3 Å². The van der Waals surface area contributed by atoms with Crippen LogP contribution in [-0.4, -0.2) is 76.0 Å².